The molecule has 4 heteroatoms. The third kappa shape index (κ3) is 8.08. The normalized spacial score (nSPS) is 19.6. The molecule has 2 heterocycles. The summed E-state index contributed by atoms with van der Waals surface area (Å²) in [6.45, 7) is 21.7. The Hall–Kier alpha value is -2.04. The molecule has 0 spiro atoms. The van der Waals surface area contributed by atoms with Gasteiger partial charge in [-0.3, -0.25) is 0 Å². The number of benzene rings is 2. The van der Waals surface area contributed by atoms with Gasteiger partial charge in [0.1, 0.15) is 11.5 Å². The lowest BCUT2D eigenvalue weighted by Gasteiger charge is -2.30. The summed E-state index contributed by atoms with van der Waals surface area (Å²) in [6.07, 6.45) is 9.30. The Morgan fingerprint density at radius 3 is 1.24 bits per heavy atom. The molecule has 0 aliphatic carbocycles. The highest BCUT2D eigenvalue weighted by Crippen LogP contribution is 2.40. The molecule has 228 valence electrons. The Balaban J connectivity index is 1.51. The molecular weight excluding hydrogens is 508 g/mol. The van der Waals surface area contributed by atoms with Crippen molar-refractivity contribution in [3.05, 3.63) is 57.6 Å². The van der Waals surface area contributed by atoms with Crippen LogP contribution in [-0.4, -0.2) is 38.6 Å². The minimum Gasteiger partial charge on any atom is -0.493 e. The topological polar surface area (TPSA) is 43.5 Å². The van der Waals surface area contributed by atoms with E-state index in [1.165, 1.54) is 33.4 Å². The zero-order valence-corrected chi connectivity index (χ0v) is 27.2. The molecular formula is C37H56O4. The molecule has 41 heavy (non-hydrogen) atoms. The van der Waals surface area contributed by atoms with E-state index in [2.05, 4.69) is 79.7 Å². The van der Waals surface area contributed by atoms with Crippen LogP contribution in [0.5, 0.6) is 11.5 Å². The van der Waals surface area contributed by atoms with Crippen LogP contribution in [0.3, 0.4) is 0 Å². The molecule has 2 aromatic rings. The molecule has 0 bridgehead atoms. The lowest BCUT2D eigenvalue weighted by Crippen LogP contribution is -2.21. The second-order valence-corrected chi connectivity index (χ2v) is 13.0. The first-order chi connectivity index (χ1) is 19.7. The molecule has 0 amide bonds. The number of epoxide rings is 2. The maximum absolute atomic E-state index is 6.48. The van der Waals surface area contributed by atoms with Crippen LogP contribution in [0.1, 0.15) is 114 Å². The maximum Gasteiger partial charge on any atom is 0.125 e. The van der Waals surface area contributed by atoms with E-state index in [9.17, 15) is 0 Å². The summed E-state index contributed by atoms with van der Waals surface area (Å²) in [6, 6.07) is 9.62. The summed E-state index contributed by atoms with van der Waals surface area (Å²) in [5.74, 6) is 3.48. The summed E-state index contributed by atoms with van der Waals surface area (Å²) in [4.78, 5) is 0. The lowest BCUT2D eigenvalue weighted by molar-refractivity contribution is 0.272. The molecule has 4 nitrogen and oxygen atoms in total. The molecule has 2 fully saturated rings. The van der Waals surface area contributed by atoms with Crippen LogP contribution in [0.2, 0.25) is 0 Å². The minimum absolute atomic E-state index is 0.127. The Bertz CT molecular complexity index is 990. The standard InChI is InChI=1S/C37H56O4/c1-9-27-19-31(20-28(10-2)35(27)38-17-13-15-25(5)33-23-40-33)37(7,8)32-21-29(11-3)36(30(12-4)22-32)39-18-14-16-26(6)34-24-41-34/h19-22,25-26,33-34H,9-18,23-24H2,1-8H3. The highest BCUT2D eigenvalue weighted by atomic mass is 16.6. The van der Waals surface area contributed by atoms with Crippen molar-refractivity contribution in [3.63, 3.8) is 0 Å². The first-order valence-corrected chi connectivity index (χ1v) is 16.5. The Morgan fingerprint density at radius 2 is 0.976 bits per heavy atom. The van der Waals surface area contributed by atoms with Gasteiger partial charge >= 0.3 is 0 Å². The number of ether oxygens (including phenoxy) is 4. The SMILES string of the molecule is CCc1cc(C(C)(C)c2cc(CC)c(OCCCC(C)C3CO3)c(CC)c2)cc(CC)c1OCCCC(C)C1CO1. The van der Waals surface area contributed by atoms with E-state index in [4.69, 9.17) is 18.9 Å². The van der Waals surface area contributed by atoms with Gasteiger partial charge in [0.2, 0.25) is 0 Å². The Kier molecular flexibility index (Phi) is 11.2. The largest absolute Gasteiger partial charge is 0.493 e. The lowest BCUT2D eigenvalue weighted by atomic mass is 9.75. The number of hydrogen-bond donors (Lipinski definition) is 0. The van der Waals surface area contributed by atoms with Gasteiger partial charge in [0.25, 0.3) is 0 Å². The zero-order valence-electron chi connectivity index (χ0n) is 27.2. The van der Waals surface area contributed by atoms with E-state index >= 15 is 0 Å². The molecule has 4 unspecified atom stereocenters. The highest BCUT2D eigenvalue weighted by molar-refractivity contribution is 5.53. The van der Waals surface area contributed by atoms with E-state index < -0.39 is 0 Å². The van der Waals surface area contributed by atoms with Crippen molar-refractivity contribution in [1.29, 1.82) is 0 Å². The van der Waals surface area contributed by atoms with E-state index in [0.29, 0.717) is 24.0 Å². The van der Waals surface area contributed by atoms with Gasteiger partial charge in [-0.1, -0.05) is 79.7 Å². The zero-order chi connectivity index (χ0) is 29.6. The van der Waals surface area contributed by atoms with Crippen LogP contribution in [0.4, 0.5) is 0 Å². The number of hydrogen-bond acceptors (Lipinski definition) is 4. The second kappa shape index (κ2) is 14.4. The molecule has 0 N–H and O–H groups in total. The fourth-order valence-electron chi connectivity index (χ4n) is 6.12. The van der Waals surface area contributed by atoms with E-state index in [1.54, 1.807) is 0 Å². The summed E-state index contributed by atoms with van der Waals surface area (Å²) in [5.41, 5.74) is 7.90. The summed E-state index contributed by atoms with van der Waals surface area (Å²) in [5, 5.41) is 0. The molecule has 2 aliphatic rings. The average Bonchev–Trinajstić information content (AvgIpc) is 3.89. The maximum atomic E-state index is 6.48. The smallest absolute Gasteiger partial charge is 0.125 e. The summed E-state index contributed by atoms with van der Waals surface area (Å²) >= 11 is 0. The van der Waals surface area contributed by atoms with Crippen molar-refractivity contribution >= 4 is 0 Å². The third-order valence-corrected chi connectivity index (χ3v) is 9.54. The summed E-state index contributed by atoms with van der Waals surface area (Å²) < 4.78 is 23.9. The number of aryl methyl sites for hydroxylation is 4. The fraction of sp³-hybridized carbons (Fsp3) is 0.676. The van der Waals surface area contributed by atoms with Crippen LogP contribution in [0.15, 0.2) is 24.3 Å². The van der Waals surface area contributed by atoms with Crippen molar-refractivity contribution in [3.8, 4) is 11.5 Å². The number of rotatable bonds is 18. The molecule has 2 aliphatic heterocycles. The molecule has 0 radical (unpaired) electrons. The molecule has 0 aromatic heterocycles. The Morgan fingerprint density at radius 1 is 0.659 bits per heavy atom. The van der Waals surface area contributed by atoms with Gasteiger partial charge < -0.3 is 18.9 Å². The van der Waals surface area contributed by atoms with Gasteiger partial charge in [-0.2, -0.15) is 0 Å². The van der Waals surface area contributed by atoms with Crippen LogP contribution in [0.25, 0.3) is 0 Å². The van der Waals surface area contributed by atoms with Crippen LogP contribution in [-0.2, 0) is 40.6 Å². The second-order valence-electron chi connectivity index (χ2n) is 13.0. The van der Waals surface area contributed by atoms with Crippen molar-refractivity contribution in [2.45, 2.75) is 124 Å². The van der Waals surface area contributed by atoms with Crippen molar-refractivity contribution < 1.29 is 18.9 Å². The molecule has 4 atom stereocenters. The molecule has 0 saturated carbocycles. The van der Waals surface area contributed by atoms with Gasteiger partial charge in [0, 0.05) is 5.41 Å². The van der Waals surface area contributed by atoms with Crippen molar-refractivity contribution in [1.82, 2.24) is 0 Å². The fourth-order valence-corrected chi connectivity index (χ4v) is 6.12. The monoisotopic (exact) mass is 564 g/mol. The third-order valence-electron chi connectivity index (χ3n) is 9.54. The minimum atomic E-state index is -0.127. The van der Waals surface area contributed by atoms with Gasteiger partial charge in [-0.25, -0.2) is 0 Å². The average molecular weight is 565 g/mol. The quantitative estimate of drug-likeness (QED) is 0.134. The van der Waals surface area contributed by atoms with Crippen molar-refractivity contribution in [2.24, 2.45) is 11.8 Å². The van der Waals surface area contributed by atoms with Gasteiger partial charge in [-0.05, 0) is 96.6 Å². The molecule has 2 aromatic carbocycles. The molecule has 4 rings (SSSR count). The molecule has 2 saturated heterocycles. The first-order valence-electron chi connectivity index (χ1n) is 16.5. The predicted molar refractivity (Wildman–Crippen MR) is 170 cm³/mol. The van der Waals surface area contributed by atoms with Gasteiger partial charge in [0.15, 0.2) is 0 Å². The summed E-state index contributed by atoms with van der Waals surface area (Å²) in [7, 11) is 0. The predicted octanol–water partition coefficient (Wildman–Crippen LogP) is 8.65. The van der Waals surface area contributed by atoms with Crippen molar-refractivity contribution in [2.75, 3.05) is 26.4 Å². The van der Waals surface area contributed by atoms with E-state index in [1.807, 2.05) is 0 Å². The van der Waals surface area contributed by atoms with Crippen LogP contribution in [0, 0.1) is 11.8 Å². The van der Waals surface area contributed by atoms with Crippen LogP contribution < -0.4 is 9.47 Å². The van der Waals surface area contributed by atoms with E-state index in [0.717, 1.165) is 89.3 Å². The van der Waals surface area contributed by atoms with Gasteiger partial charge in [-0.15, -0.1) is 0 Å². The van der Waals surface area contributed by atoms with Crippen LogP contribution >= 0.6 is 0 Å². The highest BCUT2D eigenvalue weighted by Gasteiger charge is 2.30. The van der Waals surface area contributed by atoms with Gasteiger partial charge in [0.05, 0.1) is 38.6 Å². The Labute approximate surface area is 250 Å². The first kappa shape index (κ1) is 31.9. The van der Waals surface area contributed by atoms with E-state index in [-0.39, 0.29) is 5.41 Å².